The first-order valence-corrected chi connectivity index (χ1v) is 5.60. The molecule has 0 aliphatic heterocycles. The minimum absolute atomic E-state index is 0.274. The van der Waals surface area contributed by atoms with Gasteiger partial charge in [0.25, 0.3) is 0 Å². The predicted octanol–water partition coefficient (Wildman–Crippen LogP) is 2.07. The Morgan fingerprint density at radius 1 is 1.17 bits per heavy atom. The summed E-state index contributed by atoms with van der Waals surface area (Å²) in [5, 5.41) is 19.1. The smallest absolute Gasteiger partial charge is 0.164 e. The van der Waals surface area contributed by atoms with Crippen LogP contribution in [0.15, 0.2) is 42.5 Å². The molecule has 0 aliphatic carbocycles. The lowest BCUT2D eigenvalue weighted by atomic mass is 10.0. The number of rotatable bonds is 3. The Bertz CT molecular complexity index is 552. The van der Waals surface area contributed by atoms with Crippen molar-refractivity contribution in [2.45, 2.75) is 6.92 Å². The quantitative estimate of drug-likeness (QED) is 0.814. The topological polar surface area (TPSA) is 57.0 Å². The van der Waals surface area contributed by atoms with Crippen LogP contribution in [-0.2, 0) is 0 Å². The molecule has 2 aromatic rings. The Morgan fingerprint density at radius 2 is 1.94 bits per heavy atom. The summed E-state index contributed by atoms with van der Waals surface area (Å²) in [5.74, 6) is 0.739. The van der Waals surface area contributed by atoms with Gasteiger partial charge in [-0.3, -0.25) is 0 Å². The maximum atomic E-state index is 11.0. The van der Waals surface area contributed by atoms with Gasteiger partial charge in [0.1, 0.15) is 5.75 Å². The summed E-state index contributed by atoms with van der Waals surface area (Å²) in [6.45, 7) is 1.99. The summed E-state index contributed by atoms with van der Waals surface area (Å²) in [7, 11) is 1.61. The average molecular weight is 245 g/mol. The summed E-state index contributed by atoms with van der Waals surface area (Å²) in [4.78, 5) is 0. The molecule has 0 heterocycles. The highest BCUT2D eigenvalue weighted by Gasteiger charge is 2.08. The number of hydrogen-bond donors (Lipinski definition) is 2. The SMILES string of the molecule is COc1ccc(C)cc1-c1cccc([NH+]([O-])O)c1. The van der Waals surface area contributed by atoms with E-state index in [1.54, 1.807) is 25.3 Å². The van der Waals surface area contributed by atoms with Gasteiger partial charge in [0.05, 0.1) is 7.11 Å². The van der Waals surface area contributed by atoms with Crippen molar-refractivity contribution in [1.82, 2.24) is 0 Å². The van der Waals surface area contributed by atoms with Crippen LogP contribution in [0.1, 0.15) is 5.56 Å². The average Bonchev–Trinajstić information content (AvgIpc) is 2.39. The van der Waals surface area contributed by atoms with Crippen molar-refractivity contribution in [1.29, 1.82) is 0 Å². The molecular weight excluding hydrogens is 230 g/mol. The highest BCUT2D eigenvalue weighted by atomic mass is 16.8. The Balaban J connectivity index is 2.54. The van der Waals surface area contributed by atoms with Gasteiger partial charge in [-0.1, -0.05) is 23.8 Å². The van der Waals surface area contributed by atoms with Crippen LogP contribution in [0, 0.1) is 12.1 Å². The zero-order valence-electron chi connectivity index (χ0n) is 10.3. The van der Waals surface area contributed by atoms with E-state index < -0.39 is 5.23 Å². The second kappa shape index (κ2) is 5.18. The molecule has 0 aromatic heterocycles. The normalized spacial score (nSPS) is 12.2. The monoisotopic (exact) mass is 245 g/mol. The Morgan fingerprint density at radius 3 is 2.61 bits per heavy atom. The molecule has 4 heteroatoms. The first-order valence-electron chi connectivity index (χ1n) is 5.60. The molecule has 2 rings (SSSR count). The molecule has 4 nitrogen and oxygen atoms in total. The van der Waals surface area contributed by atoms with Crippen LogP contribution in [0.2, 0.25) is 0 Å². The second-order valence-corrected chi connectivity index (χ2v) is 4.09. The van der Waals surface area contributed by atoms with E-state index in [-0.39, 0.29) is 5.69 Å². The molecular formula is C14H15NO3. The van der Waals surface area contributed by atoms with Gasteiger partial charge >= 0.3 is 0 Å². The molecule has 0 saturated heterocycles. The molecule has 0 radical (unpaired) electrons. The minimum atomic E-state index is -0.927. The Hall–Kier alpha value is -1.88. The van der Waals surface area contributed by atoms with Gasteiger partial charge in [0.2, 0.25) is 0 Å². The summed E-state index contributed by atoms with van der Waals surface area (Å²) >= 11 is 0. The predicted molar refractivity (Wildman–Crippen MR) is 68.9 cm³/mol. The van der Waals surface area contributed by atoms with Crippen LogP contribution >= 0.6 is 0 Å². The first kappa shape index (κ1) is 12.6. The van der Waals surface area contributed by atoms with Crippen LogP contribution in [0.25, 0.3) is 11.1 Å². The van der Waals surface area contributed by atoms with Crippen molar-refractivity contribution >= 4 is 5.69 Å². The maximum Gasteiger partial charge on any atom is 0.164 e. The van der Waals surface area contributed by atoms with E-state index in [4.69, 9.17) is 9.94 Å². The van der Waals surface area contributed by atoms with Crippen LogP contribution in [0.5, 0.6) is 5.75 Å². The lowest BCUT2D eigenvalue weighted by Gasteiger charge is -2.14. The van der Waals surface area contributed by atoms with Crippen LogP contribution in [0.4, 0.5) is 5.69 Å². The highest BCUT2D eigenvalue weighted by Crippen LogP contribution is 2.31. The van der Waals surface area contributed by atoms with Gasteiger partial charge in [-0.2, -0.15) is 5.23 Å². The number of benzene rings is 2. The first-order chi connectivity index (χ1) is 8.61. The van der Waals surface area contributed by atoms with Crippen LogP contribution in [-0.4, -0.2) is 12.3 Å². The molecule has 1 unspecified atom stereocenters. The number of methoxy groups -OCH3 is 1. The largest absolute Gasteiger partial charge is 0.595 e. The van der Waals surface area contributed by atoms with E-state index in [1.165, 1.54) is 0 Å². The molecule has 2 N–H and O–H groups in total. The number of hydrogen-bond acceptors (Lipinski definition) is 3. The number of ether oxygens (including phenoxy) is 1. The third-order valence-electron chi connectivity index (χ3n) is 2.78. The van der Waals surface area contributed by atoms with Crippen molar-refractivity contribution in [3.63, 3.8) is 0 Å². The number of nitrogens with one attached hydrogen (secondary N) is 1. The molecule has 0 amide bonds. The maximum absolute atomic E-state index is 11.0. The van der Waals surface area contributed by atoms with Gasteiger partial charge < -0.3 is 9.94 Å². The molecule has 1 atom stereocenters. The van der Waals surface area contributed by atoms with E-state index in [2.05, 4.69) is 0 Å². The minimum Gasteiger partial charge on any atom is -0.595 e. The van der Waals surface area contributed by atoms with Gasteiger partial charge in [-0.15, -0.1) is 0 Å². The van der Waals surface area contributed by atoms with Crippen LogP contribution in [0.3, 0.4) is 0 Å². The van der Waals surface area contributed by atoms with Crippen molar-refractivity contribution in [2.24, 2.45) is 0 Å². The lowest BCUT2D eigenvalue weighted by molar-refractivity contribution is -0.991. The van der Waals surface area contributed by atoms with Crippen molar-refractivity contribution in [3.05, 3.63) is 53.2 Å². The number of aryl methyl sites for hydroxylation is 1. The van der Waals surface area contributed by atoms with Gasteiger partial charge in [0.15, 0.2) is 5.69 Å². The van der Waals surface area contributed by atoms with E-state index in [1.807, 2.05) is 31.2 Å². The van der Waals surface area contributed by atoms with E-state index in [0.29, 0.717) is 0 Å². The van der Waals surface area contributed by atoms with E-state index in [0.717, 1.165) is 22.4 Å². The standard InChI is InChI=1S/C14H15NO3/c1-10-6-7-14(18-2)13(8-10)11-4-3-5-12(9-11)15(16)17/h3-9,15-16H,1-2H3. The zero-order valence-corrected chi connectivity index (χ0v) is 10.3. The highest BCUT2D eigenvalue weighted by molar-refractivity contribution is 5.72. The molecule has 0 saturated carbocycles. The third-order valence-corrected chi connectivity index (χ3v) is 2.78. The second-order valence-electron chi connectivity index (χ2n) is 4.09. The molecule has 18 heavy (non-hydrogen) atoms. The molecule has 0 fully saturated rings. The summed E-state index contributed by atoms with van der Waals surface area (Å²) in [6.07, 6.45) is 0. The van der Waals surface area contributed by atoms with Gasteiger partial charge in [-0.25, -0.2) is 5.21 Å². The third kappa shape index (κ3) is 2.51. The lowest BCUT2D eigenvalue weighted by Crippen LogP contribution is -2.99. The van der Waals surface area contributed by atoms with Crippen molar-refractivity contribution in [2.75, 3.05) is 7.11 Å². The van der Waals surface area contributed by atoms with Crippen molar-refractivity contribution in [3.8, 4) is 16.9 Å². The van der Waals surface area contributed by atoms with E-state index >= 15 is 0 Å². The fourth-order valence-corrected chi connectivity index (χ4v) is 1.87. The van der Waals surface area contributed by atoms with Crippen LogP contribution < -0.4 is 9.96 Å². The molecule has 0 bridgehead atoms. The summed E-state index contributed by atoms with van der Waals surface area (Å²) in [5.41, 5.74) is 3.12. The Labute approximate surface area is 106 Å². The van der Waals surface area contributed by atoms with Crippen molar-refractivity contribution < 1.29 is 15.2 Å². The molecule has 2 aromatic carbocycles. The molecule has 94 valence electrons. The summed E-state index contributed by atoms with van der Waals surface area (Å²) < 4.78 is 5.31. The number of quaternary nitrogens is 1. The molecule has 0 spiro atoms. The molecule has 0 aliphatic rings. The fourth-order valence-electron chi connectivity index (χ4n) is 1.87. The summed E-state index contributed by atoms with van der Waals surface area (Å²) in [6, 6.07) is 12.7. The van der Waals surface area contributed by atoms with E-state index in [9.17, 15) is 5.21 Å². The fraction of sp³-hybridized carbons (Fsp3) is 0.143. The van der Waals surface area contributed by atoms with Gasteiger partial charge in [0, 0.05) is 17.7 Å². The Kier molecular flexibility index (Phi) is 3.62. The van der Waals surface area contributed by atoms with Gasteiger partial charge in [-0.05, 0) is 24.6 Å². The zero-order chi connectivity index (χ0) is 13.1.